The zero-order chi connectivity index (χ0) is 21.6. The van der Waals surface area contributed by atoms with Crippen LogP contribution in [-0.2, 0) is 19.6 Å². The molecule has 7 nitrogen and oxygen atoms in total. The van der Waals surface area contributed by atoms with Crippen LogP contribution in [0.25, 0.3) is 0 Å². The van der Waals surface area contributed by atoms with Gasteiger partial charge in [0.2, 0.25) is 21.8 Å². The quantitative estimate of drug-likeness (QED) is 0.660. The highest BCUT2D eigenvalue weighted by atomic mass is 32.2. The maximum absolute atomic E-state index is 13.1. The minimum Gasteiger partial charge on any atom is -0.356 e. The highest BCUT2D eigenvalue weighted by Crippen LogP contribution is 2.24. The summed E-state index contributed by atoms with van der Waals surface area (Å²) in [5.74, 6) is -0.871. The largest absolute Gasteiger partial charge is 0.356 e. The summed E-state index contributed by atoms with van der Waals surface area (Å²) in [6.45, 7) is 2.35. The normalized spacial score (nSPS) is 21.3. The number of likely N-dealkylation sites (tertiary alicyclic amines) is 1. The Hall–Kier alpha value is -2.00. The van der Waals surface area contributed by atoms with E-state index in [0.29, 0.717) is 45.3 Å². The number of hydrogen-bond donors (Lipinski definition) is 1. The summed E-state index contributed by atoms with van der Waals surface area (Å²) in [7, 11) is -3.75. The Morgan fingerprint density at radius 3 is 2.63 bits per heavy atom. The Labute approximate surface area is 177 Å². The van der Waals surface area contributed by atoms with Gasteiger partial charge in [0.1, 0.15) is 5.82 Å². The molecule has 0 saturated carbocycles. The molecule has 2 fully saturated rings. The van der Waals surface area contributed by atoms with E-state index in [1.165, 1.54) is 16.4 Å². The highest BCUT2D eigenvalue weighted by molar-refractivity contribution is 7.89. The Morgan fingerprint density at radius 1 is 1.10 bits per heavy atom. The van der Waals surface area contributed by atoms with E-state index in [2.05, 4.69) is 5.32 Å². The average Bonchev–Trinajstić information content (AvgIpc) is 2.95. The van der Waals surface area contributed by atoms with Gasteiger partial charge in [-0.15, -0.1) is 0 Å². The molecule has 0 spiro atoms. The molecule has 0 aromatic heterocycles. The molecule has 2 aliphatic heterocycles. The summed E-state index contributed by atoms with van der Waals surface area (Å²) in [5.41, 5.74) is 0. The fourth-order valence-electron chi connectivity index (χ4n) is 4.03. The van der Waals surface area contributed by atoms with Gasteiger partial charge in [-0.3, -0.25) is 9.59 Å². The molecular weight excluding hydrogens is 409 g/mol. The molecule has 0 aliphatic carbocycles. The maximum atomic E-state index is 13.1. The van der Waals surface area contributed by atoms with Crippen molar-refractivity contribution in [1.82, 2.24) is 14.5 Å². The molecule has 166 valence electrons. The molecule has 2 saturated heterocycles. The number of nitrogens with one attached hydrogen (secondary N) is 1. The number of rotatable bonds is 7. The number of hydrogen-bond acceptors (Lipinski definition) is 4. The molecule has 1 N–H and O–H groups in total. The summed E-state index contributed by atoms with van der Waals surface area (Å²) < 4.78 is 40.0. The standard InChI is InChI=1S/C21H30FN3O4S/c22-18-8-10-19(11-9-18)30(28,29)25-15-4-6-17(16-25)21(27)23-12-5-14-24-13-3-1-2-7-20(24)26/h8-11,17H,1-7,12-16H2,(H,23,27). The predicted molar refractivity (Wildman–Crippen MR) is 111 cm³/mol. The lowest BCUT2D eigenvalue weighted by atomic mass is 9.99. The fourth-order valence-corrected chi connectivity index (χ4v) is 5.56. The number of nitrogens with zero attached hydrogens (tertiary/aromatic N) is 2. The number of piperidine rings is 1. The van der Waals surface area contributed by atoms with Crippen LogP contribution >= 0.6 is 0 Å². The minimum absolute atomic E-state index is 0.0343. The van der Waals surface area contributed by atoms with E-state index in [1.807, 2.05) is 4.90 Å². The second-order valence-corrected chi connectivity index (χ2v) is 9.93. The molecule has 1 aromatic rings. The maximum Gasteiger partial charge on any atom is 0.243 e. The first-order valence-corrected chi connectivity index (χ1v) is 12.1. The monoisotopic (exact) mass is 439 g/mol. The van der Waals surface area contributed by atoms with Crippen molar-refractivity contribution in [1.29, 1.82) is 0 Å². The minimum atomic E-state index is -3.75. The summed E-state index contributed by atoms with van der Waals surface area (Å²) in [5, 5.41) is 2.89. The topological polar surface area (TPSA) is 86.8 Å². The number of carbonyl (C=O) groups is 2. The van der Waals surface area contributed by atoms with Crippen LogP contribution in [0.3, 0.4) is 0 Å². The van der Waals surface area contributed by atoms with Gasteiger partial charge in [-0.05, 0) is 56.4 Å². The van der Waals surface area contributed by atoms with Crippen LogP contribution in [0, 0.1) is 11.7 Å². The summed E-state index contributed by atoms with van der Waals surface area (Å²) in [6.07, 6.45) is 5.57. The number of sulfonamides is 1. The van der Waals surface area contributed by atoms with Crippen LogP contribution < -0.4 is 5.32 Å². The van der Waals surface area contributed by atoms with Gasteiger partial charge in [0.25, 0.3) is 0 Å². The van der Waals surface area contributed by atoms with E-state index in [0.717, 1.165) is 37.9 Å². The lowest BCUT2D eigenvalue weighted by molar-refractivity contribution is -0.130. The van der Waals surface area contributed by atoms with E-state index in [9.17, 15) is 22.4 Å². The van der Waals surface area contributed by atoms with Crippen LogP contribution in [0.1, 0.15) is 44.9 Å². The summed E-state index contributed by atoms with van der Waals surface area (Å²) in [6, 6.07) is 4.74. The first kappa shape index (κ1) is 22.7. The zero-order valence-electron chi connectivity index (χ0n) is 17.2. The van der Waals surface area contributed by atoms with Crippen molar-refractivity contribution in [3.8, 4) is 0 Å². The molecule has 3 rings (SSSR count). The van der Waals surface area contributed by atoms with Crippen molar-refractivity contribution in [2.24, 2.45) is 5.92 Å². The molecule has 9 heteroatoms. The Morgan fingerprint density at radius 2 is 1.87 bits per heavy atom. The van der Waals surface area contributed by atoms with E-state index in [1.54, 1.807) is 0 Å². The molecule has 1 aromatic carbocycles. The number of halogens is 1. The van der Waals surface area contributed by atoms with Crippen molar-refractivity contribution in [2.75, 3.05) is 32.7 Å². The SMILES string of the molecule is O=C(NCCCN1CCCCCC1=O)C1CCCN(S(=O)(=O)c2ccc(F)cc2)C1. The van der Waals surface area contributed by atoms with Crippen LogP contribution in [-0.4, -0.2) is 62.2 Å². The van der Waals surface area contributed by atoms with Gasteiger partial charge in [-0.25, -0.2) is 12.8 Å². The molecule has 0 radical (unpaired) electrons. The number of amides is 2. The van der Waals surface area contributed by atoms with E-state index in [-0.39, 0.29) is 23.3 Å². The summed E-state index contributed by atoms with van der Waals surface area (Å²) >= 11 is 0. The first-order valence-electron chi connectivity index (χ1n) is 10.7. The first-order chi connectivity index (χ1) is 14.4. The van der Waals surface area contributed by atoms with Gasteiger partial charge in [0.05, 0.1) is 10.8 Å². The van der Waals surface area contributed by atoms with Crippen molar-refractivity contribution < 1.29 is 22.4 Å². The third-order valence-corrected chi connectivity index (χ3v) is 7.66. The van der Waals surface area contributed by atoms with E-state index >= 15 is 0 Å². The highest BCUT2D eigenvalue weighted by Gasteiger charge is 2.33. The molecular formula is C21H30FN3O4S. The smallest absolute Gasteiger partial charge is 0.243 e. The predicted octanol–water partition coefficient (Wildman–Crippen LogP) is 2.14. The van der Waals surface area contributed by atoms with Gasteiger partial charge < -0.3 is 10.2 Å². The van der Waals surface area contributed by atoms with Crippen molar-refractivity contribution in [3.05, 3.63) is 30.1 Å². The Balaban J connectivity index is 1.48. The third kappa shape index (κ3) is 5.78. The lowest BCUT2D eigenvalue weighted by Gasteiger charge is -2.31. The molecule has 1 unspecified atom stereocenters. The molecule has 30 heavy (non-hydrogen) atoms. The van der Waals surface area contributed by atoms with Gasteiger partial charge in [0.15, 0.2) is 0 Å². The Kier molecular flexibility index (Phi) is 7.82. The van der Waals surface area contributed by atoms with Crippen molar-refractivity contribution >= 4 is 21.8 Å². The van der Waals surface area contributed by atoms with Gasteiger partial charge in [0, 0.05) is 39.1 Å². The van der Waals surface area contributed by atoms with Gasteiger partial charge in [-0.2, -0.15) is 4.31 Å². The molecule has 2 heterocycles. The van der Waals surface area contributed by atoms with Crippen LogP contribution in [0.4, 0.5) is 4.39 Å². The lowest BCUT2D eigenvalue weighted by Crippen LogP contribution is -2.45. The fraction of sp³-hybridized carbons (Fsp3) is 0.619. The van der Waals surface area contributed by atoms with Crippen molar-refractivity contribution in [3.63, 3.8) is 0 Å². The van der Waals surface area contributed by atoms with Gasteiger partial charge >= 0.3 is 0 Å². The van der Waals surface area contributed by atoms with Crippen LogP contribution in [0.5, 0.6) is 0 Å². The molecule has 2 aliphatic rings. The van der Waals surface area contributed by atoms with Gasteiger partial charge in [-0.1, -0.05) is 6.42 Å². The second kappa shape index (κ2) is 10.3. The van der Waals surface area contributed by atoms with Crippen molar-refractivity contribution in [2.45, 2.75) is 49.8 Å². The average molecular weight is 440 g/mol. The van der Waals surface area contributed by atoms with Crippen LogP contribution in [0.2, 0.25) is 0 Å². The Bertz CT molecular complexity index is 844. The summed E-state index contributed by atoms with van der Waals surface area (Å²) in [4.78, 5) is 26.5. The van der Waals surface area contributed by atoms with Crippen LogP contribution in [0.15, 0.2) is 29.2 Å². The van der Waals surface area contributed by atoms with E-state index in [4.69, 9.17) is 0 Å². The second-order valence-electron chi connectivity index (χ2n) is 7.99. The van der Waals surface area contributed by atoms with E-state index < -0.39 is 21.8 Å². The number of carbonyl (C=O) groups excluding carboxylic acids is 2. The molecule has 0 bridgehead atoms. The zero-order valence-corrected chi connectivity index (χ0v) is 18.0. The molecule has 2 amide bonds. The third-order valence-electron chi connectivity index (χ3n) is 5.78. The number of benzene rings is 1. The molecule has 1 atom stereocenters.